The molecule has 1 aliphatic heterocycles. The summed E-state index contributed by atoms with van der Waals surface area (Å²) in [5.41, 5.74) is 3.54. The van der Waals surface area contributed by atoms with Crippen LogP contribution in [0.1, 0.15) is 35.8 Å². The van der Waals surface area contributed by atoms with E-state index >= 15 is 0 Å². The second-order valence-corrected chi connectivity index (χ2v) is 6.90. The Morgan fingerprint density at radius 2 is 2.04 bits per heavy atom. The summed E-state index contributed by atoms with van der Waals surface area (Å²) < 4.78 is 5.17. The Labute approximate surface area is 154 Å². The van der Waals surface area contributed by atoms with Crippen LogP contribution in [0.25, 0.3) is 10.9 Å². The van der Waals surface area contributed by atoms with Gasteiger partial charge in [-0.15, -0.1) is 0 Å². The van der Waals surface area contributed by atoms with Crippen molar-refractivity contribution in [2.45, 2.75) is 31.9 Å². The van der Waals surface area contributed by atoms with E-state index in [1.807, 2.05) is 24.5 Å². The first kappa shape index (κ1) is 17.1. The van der Waals surface area contributed by atoms with Gasteiger partial charge in [-0.25, -0.2) is 9.97 Å². The SMILES string of the molecule is COCc1nccc(C2CCCN(Cc3cccc4cccnc34)C2)n1. The number of hydrogen-bond donors (Lipinski definition) is 0. The van der Waals surface area contributed by atoms with Crippen LogP contribution < -0.4 is 0 Å². The lowest BCUT2D eigenvalue weighted by atomic mass is 9.94. The monoisotopic (exact) mass is 348 g/mol. The number of fused-ring (bicyclic) bond motifs is 1. The average molecular weight is 348 g/mol. The lowest BCUT2D eigenvalue weighted by Crippen LogP contribution is -2.34. The minimum Gasteiger partial charge on any atom is -0.377 e. The van der Waals surface area contributed by atoms with Gasteiger partial charge in [0.05, 0.1) is 5.52 Å². The maximum atomic E-state index is 5.17. The standard InChI is InChI=1S/C21H24N4O/c1-26-15-20-22-11-9-19(24-20)17-8-4-12-25(13-17)14-18-6-2-5-16-7-3-10-23-21(16)18/h2-3,5-7,9-11,17H,4,8,12-15H2,1H3. The highest BCUT2D eigenvalue weighted by atomic mass is 16.5. The first-order valence-corrected chi connectivity index (χ1v) is 9.19. The lowest BCUT2D eigenvalue weighted by molar-refractivity contribution is 0.176. The molecule has 1 saturated heterocycles. The van der Waals surface area contributed by atoms with E-state index in [2.05, 4.69) is 39.1 Å². The molecule has 3 heterocycles. The van der Waals surface area contributed by atoms with Crippen molar-refractivity contribution in [2.24, 2.45) is 0 Å². The maximum Gasteiger partial charge on any atom is 0.154 e. The van der Waals surface area contributed by atoms with Crippen LogP contribution in [0.3, 0.4) is 0 Å². The van der Waals surface area contributed by atoms with E-state index in [-0.39, 0.29) is 0 Å². The summed E-state index contributed by atoms with van der Waals surface area (Å²) in [4.78, 5) is 16.1. The van der Waals surface area contributed by atoms with Crippen molar-refractivity contribution < 1.29 is 4.74 Å². The number of pyridine rings is 1. The maximum absolute atomic E-state index is 5.17. The molecule has 1 aromatic carbocycles. The largest absolute Gasteiger partial charge is 0.377 e. The summed E-state index contributed by atoms with van der Waals surface area (Å²) in [7, 11) is 1.68. The zero-order chi connectivity index (χ0) is 17.8. The molecule has 2 aromatic heterocycles. The van der Waals surface area contributed by atoms with Gasteiger partial charge in [0.2, 0.25) is 0 Å². The zero-order valence-corrected chi connectivity index (χ0v) is 15.1. The van der Waals surface area contributed by atoms with Gasteiger partial charge in [-0.3, -0.25) is 9.88 Å². The zero-order valence-electron chi connectivity index (χ0n) is 15.1. The van der Waals surface area contributed by atoms with Crippen LogP contribution in [0, 0.1) is 0 Å². The normalized spacial score (nSPS) is 18.3. The molecule has 26 heavy (non-hydrogen) atoms. The van der Waals surface area contributed by atoms with Gasteiger partial charge in [0, 0.05) is 49.6 Å². The van der Waals surface area contributed by atoms with Crippen molar-refractivity contribution >= 4 is 10.9 Å². The van der Waals surface area contributed by atoms with E-state index in [9.17, 15) is 0 Å². The van der Waals surface area contributed by atoms with Gasteiger partial charge in [0.1, 0.15) is 6.61 Å². The minimum absolute atomic E-state index is 0.449. The smallest absolute Gasteiger partial charge is 0.154 e. The highest BCUT2D eigenvalue weighted by molar-refractivity contribution is 5.81. The van der Waals surface area contributed by atoms with E-state index in [1.54, 1.807) is 7.11 Å². The quantitative estimate of drug-likeness (QED) is 0.706. The molecule has 134 valence electrons. The number of rotatable bonds is 5. The van der Waals surface area contributed by atoms with Crippen molar-refractivity contribution in [3.8, 4) is 0 Å². The molecular weight excluding hydrogens is 324 g/mol. The number of para-hydroxylation sites is 1. The highest BCUT2D eigenvalue weighted by Crippen LogP contribution is 2.27. The van der Waals surface area contributed by atoms with Gasteiger partial charge < -0.3 is 4.74 Å². The van der Waals surface area contributed by atoms with Crippen molar-refractivity contribution in [1.82, 2.24) is 19.9 Å². The molecule has 1 atom stereocenters. The fraction of sp³-hybridized carbons (Fsp3) is 0.381. The van der Waals surface area contributed by atoms with Crippen LogP contribution >= 0.6 is 0 Å². The Morgan fingerprint density at radius 3 is 2.96 bits per heavy atom. The summed E-state index contributed by atoms with van der Waals surface area (Å²) in [6, 6.07) is 12.6. The second kappa shape index (κ2) is 7.89. The molecule has 1 fully saturated rings. The molecule has 0 amide bonds. The topological polar surface area (TPSA) is 51.1 Å². The summed E-state index contributed by atoms with van der Waals surface area (Å²) >= 11 is 0. The third-order valence-corrected chi connectivity index (χ3v) is 5.03. The molecule has 0 saturated carbocycles. The number of benzene rings is 1. The Bertz CT molecular complexity index is 877. The number of piperidine rings is 1. The van der Waals surface area contributed by atoms with E-state index in [0.29, 0.717) is 12.5 Å². The highest BCUT2D eigenvalue weighted by Gasteiger charge is 2.23. The van der Waals surface area contributed by atoms with E-state index in [4.69, 9.17) is 9.72 Å². The number of likely N-dealkylation sites (tertiary alicyclic amines) is 1. The molecular formula is C21H24N4O. The summed E-state index contributed by atoms with van der Waals surface area (Å²) in [5, 5.41) is 1.21. The molecule has 1 aliphatic rings. The Hall–Kier alpha value is -2.37. The molecule has 5 heteroatoms. The molecule has 3 aromatic rings. The van der Waals surface area contributed by atoms with Gasteiger partial charge in [-0.1, -0.05) is 24.3 Å². The predicted octanol–water partition coefficient (Wildman–Crippen LogP) is 3.55. The second-order valence-electron chi connectivity index (χ2n) is 6.90. The van der Waals surface area contributed by atoms with Gasteiger partial charge >= 0.3 is 0 Å². The summed E-state index contributed by atoms with van der Waals surface area (Å²) in [6.45, 7) is 3.54. The minimum atomic E-state index is 0.449. The van der Waals surface area contributed by atoms with Crippen molar-refractivity contribution in [2.75, 3.05) is 20.2 Å². The number of hydrogen-bond acceptors (Lipinski definition) is 5. The lowest BCUT2D eigenvalue weighted by Gasteiger charge is -2.32. The first-order chi connectivity index (χ1) is 12.8. The molecule has 0 N–H and O–H groups in total. The van der Waals surface area contributed by atoms with Crippen molar-refractivity contribution in [3.05, 3.63) is 65.9 Å². The van der Waals surface area contributed by atoms with Crippen LogP contribution in [0.4, 0.5) is 0 Å². The average Bonchev–Trinajstić information content (AvgIpc) is 2.69. The molecule has 4 rings (SSSR count). The van der Waals surface area contributed by atoms with E-state index in [1.165, 1.54) is 23.8 Å². The van der Waals surface area contributed by atoms with Crippen LogP contribution in [0.15, 0.2) is 48.8 Å². The van der Waals surface area contributed by atoms with Gasteiger partial charge in [-0.05, 0) is 37.1 Å². The van der Waals surface area contributed by atoms with Gasteiger partial charge in [0.15, 0.2) is 5.82 Å². The van der Waals surface area contributed by atoms with Gasteiger partial charge in [-0.2, -0.15) is 0 Å². The molecule has 0 bridgehead atoms. The molecule has 0 radical (unpaired) electrons. The van der Waals surface area contributed by atoms with Crippen LogP contribution in [0.5, 0.6) is 0 Å². The number of nitrogens with zero attached hydrogens (tertiary/aromatic N) is 4. The van der Waals surface area contributed by atoms with Gasteiger partial charge in [0.25, 0.3) is 0 Å². The summed E-state index contributed by atoms with van der Waals surface area (Å²) in [5.74, 6) is 1.21. The van der Waals surface area contributed by atoms with Crippen LogP contribution in [0.2, 0.25) is 0 Å². The third kappa shape index (κ3) is 3.74. The Balaban J connectivity index is 1.51. The summed E-state index contributed by atoms with van der Waals surface area (Å²) in [6.07, 6.45) is 6.09. The van der Waals surface area contributed by atoms with Crippen LogP contribution in [-0.4, -0.2) is 40.1 Å². The van der Waals surface area contributed by atoms with E-state index in [0.717, 1.165) is 36.7 Å². The molecule has 1 unspecified atom stereocenters. The van der Waals surface area contributed by atoms with Crippen molar-refractivity contribution in [1.29, 1.82) is 0 Å². The number of methoxy groups -OCH3 is 1. The molecule has 0 aliphatic carbocycles. The third-order valence-electron chi connectivity index (χ3n) is 5.03. The molecule has 5 nitrogen and oxygen atoms in total. The van der Waals surface area contributed by atoms with Crippen LogP contribution in [-0.2, 0) is 17.9 Å². The number of ether oxygens (including phenoxy) is 1. The predicted molar refractivity (Wildman–Crippen MR) is 102 cm³/mol. The molecule has 0 spiro atoms. The Morgan fingerprint density at radius 1 is 1.12 bits per heavy atom. The fourth-order valence-electron chi connectivity index (χ4n) is 3.82. The fourth-order valence-corrected chi connectivity index (χ4v) is 3.82. The Kier molecular flexibility index (Phi) is 5.18. The first-order valence-electron chi connectivity index (χ1n) is 9.19. The van der Waals surface area contributed by atoms with Crippen molar-refractivity contribution in [3.63, 3.8) is 0 Å². The number of aromatic nitrogens is 3. The van der Waals surface area contributed by atoms with E-state index < -0.39 is 0 Å².